The maximum atomic E-state index is 12.8. The van der Waals surface area contributed by atoms with Gasteiger partial charge in [-0.2, -0.15) is 0 Å². The van der Waals surface area contributed by atoms with Gasteiger partial charge in [0.15, 0.2) is 15.8 Å². The Kier molecular flexibility index (Phi) is 5.38. The van der Waals surface area contributed by atoms with Crippen molar-refractivity contribution < 1.29 is 14.6 Å². The molecule has 0 unspecified atom stereocenters. The number of amides is 1. The van der Waals surface area contributed by atoms with Crippen LogP contribution in [0.25, 0.3) is 6.08 Å². The summed E-state index contributed by atoms with van der Waals surface area (Å²) in [5, 5.41) is 10.4. The zero-order valence-corrected chi connectivity index (χ0v) is 16.8. The van der Waals surface area contributed by atoms with Crippen molar-refractivity contribution in [2.75, 3.05) is 12.0 Å². The molecule has 0 saturated carbocycles. The lowest BCUT2D eigenvalue weighted by Crippen LogP contribution is -2.27. The number of ether oxygens (including phenoxy) is 1. The van der Waals surface area contributed by atoms with Gasteiger partial charge in [0.2, 0.25) is 0 Å². The molecule has 0 atom stereocenters. The minimum absolute atomic E-state index is 0.00567. The number of hydrogen-bond donors (Lipinski definition) is 1. The second-order valence-electron chi connectivity index (χ2n) is 5.05. The summed E-state index contributed by atoms with van der Waals surface area (Å²) >= 11 is 15.8. The molecule has 0 aliphatic carbocycles. The Bertz CT molecular complexity index is 917. The molecule has 3 rings (SSSR count). The van der Waals surface area contributed by atoms with Crippen molar-refractivity contribution in [2.45, 2.75) is 0 Å². The Balaban J connectivity index is 1.97. The highest BCUT2D eigenvalue weighted by Gasteiger charge is 2.33. The van der Waals surface area contributed by atoms with E-state index in [4.69, 9.17) is 28.6 Å². The molecule has 2 aromatic carbocycles. The van der Waals surface area contributed by atoms with Crippen LogP contribution < -0.4 is 9.64 Å². The molecule has 0 radical (unpaired) electrons. The number of rotatable bonds is 3. The number of nitrogens with zero attached hydrogens (tertiary/aromatic N) is 1. The maximum absolute atomic E-state index is 12.8. The first-order valence-electron chi connectivity index (χ1n) is 7.00. The Morgan fingerprint density at radius 2 is 2.12 bits per heavy atom. The van der Waals surface area contributed by atoms with Gasteiger partial charge in [0, 0.05) is 5.02 Å². The van der Waals surface area contributed by atoms with Crippen LogP contribution in [0, 0.1) is 0 Å². The number of thioether (sulfide) groups is 1. The molecule has 1 amide bonds. The topological polar surface area (TPSA) is 49.8 Å². The summed E-state index contributed by atoms with van der Waals surface area (Å²) in [5.74, 6) is 0.0949. The van der Waals surface area contributed by atoms with E-state index in [9.17, 15) is 9.90 Å². The summed E-state index contributed by atoms with van der Waals surface area (Å²) in [5.41, 5.74) is 1.33. The molecule has 1 fully saturated rings. The zero-order chi connectivity index (χ0) is 18.1. The lowest BCUT2D eigenvalue weighted by Gasteiger charge is -2.14. The number of phenols is 1. The average Bonchev–Trinajstić information content (AvgIpc) is 2.84. The first kappa shape index (κ1) is 18.3. The molecule has 2 aromatic rings. The minimum atomic E-state index is -0.222. The van der Waals surface area contributed by atoms with Crippen LogP contribution in [0.4, 0.5) is 5.69 Å². The fourth-order valence-electron chi connectivity index (χ4n) is 2.29. The van der Waals surface area contributed by atoms with Gasteiger partial charge in [-0.05, 0) is 57.9 Å². The molecule has 1 heterocycles. The summed E-state index contributed by atoms with van der Waals surface area (Å²) in [4.78, 5) is 14.7. The molecule has 128 valence electrons. The van der Waals surface area contributed by atoms with Gasteiger partial charge < -0.3 is 9.84 Å². The number of methoxy groups -OCH3 is 1. The van der Waals surface area contributed by atoms with Crippen LogP contribution in [-0.4, -0.2) is 22.4 Å². The van der Waals surface area contributed by atoms with E-state index in [1.165, 1.54) is 23.8 Å². The molecule has 0 spiro atoms. The molecule has 4 nitrogen and oxygen atoms in total. The first-order chi connectivity index (χ1) is 11.9. The van der Waals surface area contributed by atoms with E-state index >= 15 is 0 Å². The van der Waals surface area contributed by atoms with Crippen LogP contribution in [0.3, 0.4) is 0 Å². The van der Waals surface area contributed by atoms with E-state index in [1.54, 1.807) is 42.5 Å². The molecule has 0 aromatic heterocycles. The highest BCUT2D eigenvalue weighted by atomic mass is 79.9. The molecule has 1 N–H and O–H groups in total. The first-order valence-corrected chi connectivity index (χ1v) is 9.40. The van der Waals surface area contributed by atoms with Crippen LogP contribution in [0.15, 0.2) is 45.8 Å². The average molecular weight is 457 g/mol. The summed E-state index contributed by atoms with van der Waals surface area (Å²) in [7, 11) is 1.46. The van der Waals surface area contributed by atoms with Crippen LogP contribution >= 0.6 is 51.5 Å². The fraction of sp³-hybridized carbons (Fsp3) is 0.0588. The number of hydrogen-bond acceptors (Lipinski definition) is 5. The summed E-state index contributed by atoms with van der Waals surface area (Å²) < 4.78 is 6.04. The van der Waals surface area contributed by atoms with Gasteiger partial charge in [0.1, 0.15) is 0 Å². The molecular weight excluding hydrogens is 446 g/mol. The smallest absolute Gasteiger partial charge is 0.270 e. The van der Waals surface area contributed by atoms with Crippen molar-refractivity contribution in [1.82, 2.24) is 0 Å². The standard InChI is InChI=1S/C17H11BrClNO3S2/c1-23-13-6-9(5-12(18)15(13)21)7-14-16(22)20(17(24)25-14)11-4-2-3-10(19)8-11/h2-8,21H,1H3/b14-7+. The lowest BCUT2D eigenvalue weighted by molar-refractivity contribution is -0.113. The molecule has 8 heteroatoms. The molecule has 1 aliphatic rings. The van der Waals surface area contributed by atoms with Gasteiger partial charge in [-0.3, -0.25) is 9.69 Å². The lowest BCUT2D eigenvalue weighted by atomic mass is 10.2. The largest absolute Gasteiger partial charge is 0.503 e. The van der Waals surface area contributed by atoms with Crippen LogP contribution in [0.2, 0.25) is 5.02 Å². The van der Waals surface area contributed by atoms with Gasteiger partial charge in [0.05, 0.1) is 22.2 Å². The third kappa shape index (κ3) is 3.69. The third-order valence-corrected chi connectivity index (χ3v) is 5.57. The maximum Gasteiger partial charge on any atom is 0.270 e. The minimum Gasteiger partial charge on any atom is -0.503 e. The van der Waals surface area contributed by atoms with Crippen molar-refractivity contribution in [3.05, 3.63) is 56.4 Å². The van der Waals surface area contributed by atoms with Crippen LogP contribution in [-0.2, 0) is 4.79 Å². The Labute approximate surface area is 167 Å². The third-order valence-electron chi connectivity index (χ3n) is 3.43. The Morgan fingerprint density at radius 3 is 2.80 bits per heavy atom. The van der Waals surface area contributed by atoms with Crippen molar-refractivity contribution in [1.29, 1.82) is 0 Å². The fourth-order valence-corrected chi connectivity index (χ4v) is 4.23. The van der Waals surface area contributed by atoms with Gasteiger partial charge in [0.25, 0.3) is 5.91 Å². The summed E-state index contributed by atoms with van der Waals surface area (Å²) in [6.07, 6.45) is 1.70. The number of phenolic OH excluding ortho intramolecular Hbond substituents is 1. The Hall–Kier alpha value is -1.54. The molecular formula is C17H11BrClNO3S2. The van der Waals surface area contributed by atoms with E-state index in [0.29, 0.717) is 35.7 Å². The number of anilines is 1. The molecule has 25 heavy (non-hydrogen) atoms. The number of thiocarbonyl (C=S) groups is 1. The number of aromatic hydroxyl groups is 1. The van der Waals surface area contributed by atoms with E-state index in [0.717, 1.165) is 0 Å². The van der Waals surface area contributed by atoms with Gasteiger partial charge in [-0.1, -0.05) is 41.6 Å². The second-order valence-corrected chi connectivity index (χ2v) is 8.02. The number of carbonyl (C=O) groups excluding carboxylic acids is 1. The molecule has 0 bridgehead atoms. The zero-order valence-electron chi connectivity index (χ0n) is 12.8. The van der Waals surface area contributed by atoms with E-state index < -0.39 is 0 Å². The number of carbonyl (C=O) groups is 1. The molecule has 1 saturated heterocycles. The van der Waals surface area contributed by atoms with Crippen molar-refractivity contribution in [3.63, 3.8) is 0 Å². The van der Waals surface area contributed by atoms with Crippen molar-refractivity contribution in [2.24, 2.45) is 0 Å². The normalized spacial score (nSPS) is 16.0. The SMILES string of the molecule is COc1cc(/C=C2/SC(=S)N(c3cccc(Cl)c3)C2=O)cc(Br)c1O. The summed E-state index contributed by atoms with van der Waals surface area (Å²) in [6, 6.07) is 10.3. The predicted molar refractivity (Wildman–Crippen MR) is 109 cm³/mol. The highest BCUT2D eigenvalue weighted by Crippen LogP contribution is 2.39. The van der Waals surface area contributed by atoms with Gasteiger partial charge >= 0.3 is 0 Å². The quantitative estimate of drug-likeness (QED) is 0.507. The predicted octanol–water partition coefficient (Wildman–Crippen LogP) is 5.22. The van der Waals surface area contributed by atoms with Crippen molar-refractivity contribution in [3.8, 4) is 11.5 Å². The van der Waals surface area contributed by atoms with Gasteiger partial charge in [-0.15, -0.1) is 0 Å². The highest BCUT2D eigenvalue weighted by molar-refractivity contribution is 9.10. The Morgan fingerprint density at radius 1 is 1.36 bits per heavy atom. The number of benzene rings is 2. The number of halogens is 2. The monoisotopic (exact) mass is 455 g/mol. The van der Waals surface area contributed by atoms with E-state index in [-0.39, 0.29) is 11.7 Å². The van der Waals surface area contributed by atoms with Crippen LogP contribution in [0.5, 0.6) is 11.5 Å². The van der Waals surface area contributed by atoms with E-state index in [1.807, 2.05) is 0 Å². The summed E-state index contributed by atoms with van der Waals surface area (Å²) in [6.45, 7) is 0. The van der Waals surface area contributed by atoms with Gasteiger partial charge in [-0.25, -0.2) is 0 Å². The van der Waals surface area contributed by atoms with E-state index in [2.05, 4.69) is 15.9 Å². The van der Waals surface area contributed by atoms with Crippen LogP contribution in [0.1, 0.15) is 5.56 Å². The molecule has 1 aliphatic heterocycles. The second kappa shape index (κ2) is 7.37. The van der Waals surface area contributed by atoms with Crippen molar-refractivity contribution >= 4 is 73.5 Å².